The highest BCUT2D eigenvalue weighted by Gasteiger charge is 2.20. The molecule has 0 spiro atoms. The first-order valence-corrected chi connectivity index (χ1v) is 5.61. The van der Waals surface area contributed by atoms with E-state index < -0.39 is 16.5 Å². The Balaban J connectivity index is 0.00000361. The van der Waals surface area contributed by atoms with E-state index in [9.17, 15) is 14.9 Å². The monoisotopic (exact) mass is 284 g/mol. The van der Waals surface area contributed by atoms with Crippen molar-refractivity contribution in [3.05, 3.63) is 33.9 Å². The molecule has 0 radical (unpaired) electrons. The van der Waals surface area contributed by atoms with E-state index in [0.717, 1.165) is 6.07 Å². The minimum absolute atomic E-state index is 0. The maximum absolute atomic E-state index is 11.7. The Labute approximate surface area is 118 Å². The summed E-state index contributed by atoms with van der Waals surface area (Å²) in [5, 5.41) is 13.5. The van der Waals surface area contributed by atoms with Crippen molar-refractivity contribution in [3.63, 3.8) is 0 Å². The molecule has 0 aliphatic heterocycles. The Hall–Kier alpha value is -2.15. The van der Waals surface area contributed by atoms with E-state index in [4.69, 9.17) is 4.89 Å². The fraction of sp³-hybridized carbons (Fsp3) is 0.462. The summed E-state index contributed by atoms with van der Waals surface area (Å²) in [6.45, 7) is 5.15. The normalized spacial score (nSPS) is 10.4. The van der Waals surface area contributed by atoms with Gasteiger partial charge in [0.15, 0.2) is 0 Å². The van der Waals surface area contributed by atoms with Gasteiger partial charge in [-0.05, 0) is 32.9 Å². The molecule has 7 heteroatoms. The van der Waals surface area contributed by atoms with Crippen LogP contribution in [0.4, 0.5) is 11.4 Å². The summed E-state index contributed by atoms with van der Waals surface area (Å²) < 4.78 is 0. The highest BCUT2D eigenvalue weighted by atomic mass is 17.2. The van der Waals surface area contributed by atoms with Crippen molar-refractivity contribution in [2.24, 2.45) is 0 Å². The maximum Gasteiger partial charge on any atom is 0.373 e. The third-order valence-electron chi connectivity index (χ3n) is 2.07. The zero-order valence-corrected chi connectivity index (χ0v) is 11.2. The first-order valence-electron chi connectivity index (χ1n) is 5.61. The molecular formula is C13H20N2O5. The van der Waals surface area contributed by atoms with Crippen LogP contribution in [0, 0.1) is 10.1 Å². The molecule has 0 saturated carbocycles. The highest BCUT2D eigenvalue weighted by molar-refractivity contribution is 5.91. The van der Waals surface area contributed by atoms with Gasteiger partial charge in [0.2, 0.25) is 0 Å². The Morgan fingerprint density at radius 1 is 1.35 bits per heavy atom. The second-order valence-corrected chi connectivity index (χ2v) is 4.81. The van der Waals surface area contributed by atoms with Crippen LogP contribution in [0.1, 0.15) is 38.6 Å². The third-order valence-corrected chi connectivity index (χ3v) is 2.07. The molecule has 1 rings (SSSR count). The molecule has 1 aromatic carbocycles. The standard InChI is InChI=1S/C12H16N2O5.CH4/c1-12(2,3)19-18-11(15)8-5-6-9(13-4)10(7-8)14(16)17;/h5-7,13H,1-4H3;1H4. The minimum atomic E-state index is -0.777. The molecule has 0 bridgehead atoms. The Kier molecular flexibility index (Phi) is 6.12. The molecule has 7 nitrogen and oxygen atoms in total. The van der Waals surface area contributed by atoms with Crippen LogP contribution in [0.3, 0.4) is 0 Å². The van der Waals surface area contributed by atoms with E-state index in [1.165, 1.54) is 12.1 Å². The lowest BCUT2D eigenvalue weighted by Gasteiger charge is -2.16. The smallest absolute Gasteiger partial charge is 0.373 e. The van der Waals surface area contributed by atoms with Crippen molar-refractivity contribution in [1.29, 1.82) is 0 Å². The van der Waals surface area contributed by atoms with Gasteiger partial charge in [0.05, 0.1) is 10.5 Å². The predicted octanol–water partition coefficient (Wildman–Crippen LogP) is 3.16. The molecule has 0 aromatic heterocycles. The minimum Gasteiger partial charge on any atom is -0.383 e. The molecule has 1 N–H and O–H groups in total. The number of nitro benzene ring substituents is 1. The lowest BCUT2D eigenvalue weighted by atomic mass is 10.2. The van der Waals surface area contributed by atoms with Gasteiger partial charge >= 0.3 is 5.97 Å². The summed E-state index contributed by atoms with van der Waals surface area (Å²) in [5.74, 6) is -0.777. The summed E-state index contributed by atoms with van der Waals surface area (Å²) >= 11 is 0. The summed E-state index contributed by atoms with van der Waals surface area (Å²) in [5.41, 5.74) is -0.479. The van der Waals surface area contributed by atoms with Crippen LogP contribution < -0.4 is 5.32 Å². The number of hydrogen-bond acceptors (Lipinski definition) is 6. The van der Waals surface area contributed by atoms with Gasteiger partial charge < -0.3 is 5.32 Å². The third kappa shape index (κ3) is 4.85. The first-order chi connectivity index (χ1) is 8.74. The van der Waals surface area contributed by atoms with Gasteiger partial charge in [-0.25, -0.2) is 4.79 Å². The van der Waals surface area contributed by atoms with Gasteiger partial charge in [-0.1, -0.05) is 7.43 Å². The summed E-state index contributed by atoms with van der Waals surface area (Å²) in [7, 11) is 1.56. The van der Waals surface area contributed by atoms with Crippen molar-refractivity contribution < 1.29 is 19.5 Å². The predicted molar refractivity (Wildman–Crippen MR) is 75.6 cm³/mol. The van der Waals surface area contributed by atoms with Crippen LogP contribution in [0.15, 0.2) is 18.2 Å². The highest BCUT2D eigenvalue weighted by Crippen LogP contribution is 2.25. The van der Waals surface area contributed by atoms with Crippen LogP contribution >= 0.6 is 0 Å². The van der Waals surface area contributed by atoms with Gasteiger partial charge in [-0.2, -0.15) is 4.89 Å². The van der Waals surface area contributed by atoms with Crippen molar-refractivity contribution >= 4 is 17.3 Å². The van der Waals surface area contributed by atoms with E-state index in [0.29, 0.717) is 5.69 Å². The van der Waals surface area contributed by atoms with Gasteiger partial charge in [0.1, 0.15) is 11.3 Å². The Morgan fingerprint density at radius 3 is 2.40 bits per heavy atom. The molecule has 0 unspecified atom stereocenters. The number of nitrogens with one attached hydrogen (secondary N) is 1. The number of hydrogen-bond donors (Lipinski definition) is 1. The largest absolute Gasteiger partial charge is 0.383 e. The number of nitrogens with zero attached hydrogens (tertiary/aromatic N) is 1. The molecule has 1 aromatic rings. The van der Waals surface area contributed by atoms with Crippen molar-refractivity contribution in [3.8, 4) is 0 Å². The Bertz CT molecular complexity index is 494. The fourth-order valence-electron chi connectivity index (χ4n) is 1.23. The molecule has 0 atom stereocenters. The van der Waals surface area contributed by atoms with Gasteiger partial charge in [-0.3, -0.25) is 15.0 Å². The topological polar surface area (TPSA) is 90.7 Å². The quantitative estimate of drug-likeness (QED) is 0.519. The molecule has 0 fully saturated rings. The lowest BCUT2D eigenvalue weighted by molar-refractivity contribution is -0.384. The zero-order chi connectivity index (χ0) is 14.6. The maximum atomic E-state index is 11.7. The van der Waals surface area contributed by atoms with Crippen LogP contribution in [0.25, 0.3) is 0 Å². The van der Waals surface area contributed by atoms with E-state index in [1.807, 2.05) is 0 Å². The molecular weight excluding hydrogens is 264 g/mol. The number of benzene rings is 1. The average molecular weight is 284 g/mol. The SMILES string of the molecule is C.CNc1ccc(C(=O)OOC(C)(C)C)cc1[N+](=O)[O-]. The van der Waals surface area contributed by atoms with E-state index in [2.05, 4.69) is 10.2 Å². The zero-order valence-electron chi connectivity index (χ0n) is 11.2. The van der Waals surface area contributed by atoms with Crippen molar-refractivity contribution in [2.45, 2.75) is 33.8 Å². The number of carbonyl (C=O) groups excluding carboxylic acids is 1. The molecule has 0 aliphatic rings. The fourth-order valence-corrected chi connectivity index (χ4v) is 1.23. The van der Waals surface area contributed by atoms with Gasteiger partial charge in [0, 0.05) is 13.1 Å². The summed E-state index contributed by atoms with van der Waals surface area (Å²) in [6, 6.07) is 4.00. The van der Waals surface area contributed by atoms with E-state index in [1.54, 1.807) is 27.8 Å². The van der Waals surface area contributed by atoms with E-state index >= 15 is 0 Å². The lowest BCUT2D eigenvalue weighted by Crippen LogP contribution is -2.22. The molecule has 112 valence electrons. The summed E-state index contributed by atoms with van der Waals surface area (Å²) in [4.78, 5) is 31.4. The number of nitro groups is 1. The molecule has 0 saturated heterocycles. The van der Waals surface area contributed by atoms with Crippen molar-refractivity contribution in [1.82, 2.24) is 0 Å². The van der Waals surface area contributed by atoms with Crippen molar-refractivity contribution in [2.75, 3.05) is 12.4 Å². The van der Waals surface area contributed by atoms with Gasteiger partial charge in [-0.15, -0.1) is 0 Å². The van der Waals surface area contributed by atoms with Crippen LogP contribution in [0.2, 0.25) is 0 Å². The molecule has 0 aliphatic carbocycles. The molecule has 0 amide bonds. The van der Waals surface area contributed by atoms with Crippen LogP contribution in [0.5, 0.6) is 0 Å². The molecule has 20 heavy (non-hydrogen) atoms. The number of carbonyl (C=O) groups is 1. The van der Waals surface area contributed by atoms with Gasteiger partial charge in [0.25, 0.3) is 5.69 Å². The van der Waals surface area contributed by atoms with E-state index in [-0.39, 0.29) is 18.7 Å². The molecule has 0 heterocycles. The van der Waals surface area contributed by atoms with Crippen LogP contribution in [-0.4, -0.2) is 23.5 Å². The average Bonchev–Trinajstić information content (AvgIpc) is 2.34. The number of anilines is 1. The second-order valence-electron chi connectivity index (χ2n) is 4.81. The second kappa shape index (κ2) is 6.85. The van der Waals surface area contributed by atoms with Crippen LogP contribution in [-0.2, 0) is 9.78 Å². The first kappa shape index (κ1) is 17.8. The number of rotatable bonds is 4. The summed E-state index contributed by atoms with van der Waals surface area (Å²) in [6.07, 6.45) is 0. The Morgan fingerprint density at radius 2 is 1.95 bits per heavy atom.